The molecule has 3 rings (SSSR count). The first-order valence-electron chi connectivity index (χ1n) is 12.2. The molecule has 0 saturated heterocycles. The van der Waals surface area contributed by atoms with Gasteiger partial charge < -0.3 is 23.9 Å². The Morgan fingerprint density at radius 1 is 1.09 bits per heavy atom. The third kappa shape index (κ3) is 7.37. The molecule has 0 spiro atoms. The van der Waals surface area contributed by atoms with Crippen molar-refractivity contribution in [2.24, 2.45) is 0 Å². The normalized spacial score (nSPS) is 11.6. The van der Waals surface area contributed by atoms with Crippen LogP contribution in [-0.2, 0) is 11.3 Å². The van der Waals surface area contributed by atoms with Crippen LogP contribution in [0.2, 0.25) is 0 Å². The Kier molecular flexibility index (Phi) is 8.81. The molecule has 7 heteroatoms. The van der Waals surface area contributed by atoms with Crippen LogP contribution in [-0.4, -0.2) is 41.6 Å². The minimum absolute atomic E-state index is 0.145. The molecule has 1 amide bonds. The number of carboxylic acid groups (broad SMARTS) is 1. The number of carboxylic acids is 1. The predicted octanol–water partition coefficient (Wildman–Crippen LogP) is 6.03. The number of hydrogen-bond acceptors (Lipinski definition) is 5. The molecule has 35 heavy (non-hydrogen) atoms. The van der Waals surface area contributed by atoms with E-state index in [0.717, 1.165) is 17.5 Å². The van der Waals surface area contributed by atoms with Gasteiger partial charge in [0, 0.05) is 29.1 Å². The first kappa shape index (κ1) is 24.4. The number of hydrogen-bond donors (Lipinski definition) is 1. The smallest absolute Gasteiger partial charge is 0.303 e. The van der Waals surface area contributed by atoms with E-state index in [1.165, 1.54) is 4.90 Å². The Bertz CT molecular complexity index is 1140. The zero-order valence-electron chi connectivity index (χ0n) is 21.5. The molecule has 0 atom stereocenters. The van der Waals surface area contributed by atoms with Crippen LogP contribution in [0.1, 0.15) is 56.8 Å². The summed E-state index contributed by atoms with van der Waals surface area (Å²) in [5, 5.41) is 8.77. The van der Waals surface area contributed by atoms with Gasteiger partial charge in [-0.15, -0.1) is 0 Å². The molecule has 0 bridgehead atoms. The zero-order valence-corrected chi connectivity index (χ0v) is 20.5. The highest BCUT2D eigenvalue weighted by Gasteiger charge is 2.21. The van der Waals surface area contributed by atoms with Gasteiger partial charge in [0.1, 0.15) is 17.3 Å². The van der Waals surface area contributed by atoms with Gasteiger partial charge in [-0.1, -0.05) is 12.1 Å². The van der Waals surface area contributed by atoms with E-state index < -0.39 is 12.0 Å². The van der Waals surface area contributed by atoms with Crippen LogP contribution >= 0.6 is 0 Å². The maximum Gasteiger partial charge on any atom is 0.303 e. The molecular formula is C28H33NO6. The van der Waals surface area contributed by atoms with Gasteiger partial charge in [0.2, 0.25) is 0 Å². The fraction of sp³-hybridized carbons (Fsp3) is 0.357. The lowest BCUT2D eigenvalue weighted by molar-refractivity contribution is -0.137. The maximum absolute atomic E-state index is 13.5. The minimum atomic E-state index is -1.20. The lowest BCUT2D eigenvalue weighted by atomic mass is 10.1. The van der Waals surface area contributed by atoms with Crippen molar-refractivity contribution >= 4 is 11.9 Å². The molecule has 0 aliphatic heterocycles. The monoisotopic (exact) mass is 480 g/mol. The van der Waals surface area contributed by atoms with Crippen molar-refractivity contribution < 1.29 is 30.0 Å². The van der Waals surface area contributed by atoms with Gasteiger partial charge in [-0.2, -0.15) is 0 Å². The SMILES string of the molecule is [2H]C(C)(C)N(Cc1cc(OC)ccc1OCCCCCC(=O)O)C(=O)c1ccc(-c2ccco2)cc1. The molecule has 0 aliphatic carbocycles. The Labute approximate surface area is 207 Å². The molecule has 0 radical (unpaired) electrons. The number of aliphatic carboxylic acids is 1. The highest BCUT2D eigenvalue weighted by Crippen LogP contribution is 2.28. The Morgan fingerprint density at radius 3 is 2.49 bits per heavy atom. The topological polar surface area (TPSA) is 89.2 Å². The van der Waals surface area contributed by atoms with Crippen LogP contribution in [0, 0.1) is 0 Å². The number of carbonyl (C=O) groups is 2. The molecule has 186 valence electrons. The molecule has 1 heterocycles. The second kappa shape index (κ2) is 12.6. The van der Waals surface area contributed by atoms with Crippen LogP contribution < -0.4 is 9.47 Å². The van der Waals surface area contributed by atoms with E-state index in [1.54, 1.807) is 51.5 Å². The highest BCUT2D eigenvalue weighted by molar-refractivity contribution is 5.94. The summed E-state index contributed by atoms with van der Waals surface area (Å²) < 4.78 is 25.5. The molecule has 3 aromatic rings. The van der Waals surface area contributed by atoms with Crippen LogP contribution in [0.4, 0.5) is 0 Å². The number of carbonyl (C=O) groups excluding carboxylic acids is 1. The molecule has 1 aromatic heterocycles. The van der Waals surface area contributed by atoms with Gasteiger partial charge in [-0.05, 0) is 75.6 Å². The second-order valence-electron chi connectivity index (χ2n) is 8.42. The van der Waals surface area contributed by atoms with Gasteiger partial charge in [0.15, 0.2) is 0 Å². The van der Waals surface area contributed by atoms with E-state index in [4.69, 9.17) is 20.4 Å². The van der Waals surface area contributed by atoms with Gasteiger partial charge in [0.05, 0.1) is 27.9 Å². The predicted molar refractivity (Wildman–Crippen MR) is 134 cm³/mol. The lowest BCUT2D eigenvalue weighted by Crippen LogP contribution is -2.36. The molecule has 2 aromatic carbocycles. The maximum atomic E-state index is 13.5. The summed E-state index contributed by atoms with van der Waals surface area (Å²) in [5.41, 5.74) is 2.05. The number of methoxy groups -OCH3 is 1. The van der Waals surface area contributed by atoms with Crippen molar-refractivity contribution in [2.75, 3.05) is 13.7 Å². The van der Waals surface area contributed by atoms with E-state index in [9.17, 15) is 9.59 Å². The molecule has 7 nitrogen and oxygen atoms in total. The number of furan rings is 1. The van der Waals surface area contributed by atoms with Crippen molar-refractivity contribution in [1.82, 2.24) is 4.90 Å². The average molecular weight is 481 g/mol. The van der Waals surface area contributed by atoms with Crippen molar-refractivity contribution in [3.63, 3.8) is 0 Å². The van der Waals surface area contributed by atoms with Crippen LogP contribution in [0.3, 0.4) is 0 Å². The quantitative estimate of drug-likeness (QED) is 0.301. The molecule has 0 saturated carbocycles. The van der Waals surface area contributed by atoms with Gasteiger partial charge in [-0.25, -0.2) is 0 Å². The molecule has 0 aliphatic rings. The van der Waals surface area contributed by atoms with Crippen LogP contribution in [0.15, 0.2) is 65.3 Å². The lowest BCUT2D eigenvalue weighted by Gasteiger charge is -2.28. The largest absolute Gasteiger partial charge is 0.497 e. The summed E-state index contributed by atoms with van der Waals surface area (Å²) in [7, 11) is 1.57. The van der Waals surface area contributed by atoms with Gasteiger partial charge >= 0.3 is 5.97 Å². The summed E-state index contributed by atoms with van der Waals surface area (Å²) >= 11 is 0. The van der Waals surface area contributed by atoms with Crippen molar-refractivity contribution in [3.05, 3.63) is 72.0 Å². The van der Waals surface area contributed by atoms with E-state index in [0.29, 0.717) is 42.3 Å². The zero-order chi connectivity index (χ0) is 26.1. The Balaban J connectivity index is 1.77. The summed E-state index contributed by atoms with van der Waals surface area (Å²) in [5.74, 6) is 0.865. The molecular weight excluding hydrogens is 446 g/mol. The fourth-order valence-corrected chi connectivity index (χ4v) is 3.66. The van der Waals surface area contributed by atoms with Crippen molar-refractivity contribution in [3.8, 4) is 22.8 Å². The van der Waals surface area contributed by atoms with E-state index in [1.807, 2.05) is 30.3 Å². The van der Waals surface area contributed by atoms with Gasteiger partial charge in [0.25, 0.3) is 5.91 Å². The number of amides is 1. The van der Waals surface area contributed by atoms with E-state index in [-0.39, 0.29) is 18.9 Å². The summed E-state index contributed by atoms with van der Waals surface area (Å²) in [6, 6.07) is 15.0. The van der Waals surface area contributed by atoms with E-state index in [2.05, 4.69) is 0 Å². The Morgan fingerprint density at radius 2 is 1.86 bits per heavy atom. The third-order valence-electron chi connectivity index (χ3n) is 5.61. The van der Waals surface area contributed by atoms with Crippen LogP contribution in [0.25, 0.3) is 11.3 Å². The average Bonchev–Trinajstić information content (AvgIpc) is 3.39. The Hall–Kier alpha value is -3.74. The summed E-state index contributed by atoms with van der Waals surface area (Å²) in [4.78, 5) is 25.7. The number of ether oxygens (including phenoxy) is 2. The van der Waals surface area contributed by atoms with Gasteiger partial charge in [-0.3, -0.25) is 9.59 Å². The van der Waals surface area contributed by atoms with E-state index >= 15 is 0 Å². The first-order valence-corrected chi connectivity index (χ1v) is 11.7. The standard InChI is InChI=1S/C28H33NO6/c1-20(2)29(28(32)22-12-10-21(11-13-22)25-8-7-17-35-25)19-23-18-24(33-3)14-15-26(23)34-16-6-4-5-9-27(30)31/h7-8,10-15,17-18,20H,4-6,9,16,19H2,1-3H3,(H,30,31)/i20D. The van der Waals surface area contributed by atoms with Crippen molar-refractivity contribution in [1.29, 1.82) is 0 Å². The molecule has 0 unspecified atom stereocenters. The molecule has 0 fully saturated rings. The van der Waals surface area contributed by atoms with Crippen molar-refractivity contribution in [2.45, 2.75) is 52.1 Å². The molecule has 1 N–H and O–H groups in total. The number of rotatable bonds is 13. The fourth-order valence-electron chi connectivity index (χ4n) is 3.66. The number of unbranched alkanes of at least 4 members (excludes halogenated alkanes) is 2. The summed E-state index contributed by atoms with van der Waals surface area (Å²) in [6.07, 6.45) is 3.81. The highest BCUT2D eigenvalue weighted by atomic mass is 16.5. The number of nitrogens with zero attached hydrogens (tertiary/aromatic N) is 1. The minimum Gasteiger partial charge on any atom is -0.497 e. The first-order chi connectivity index (χ1) is 17.2. The van der Waals surface area contributed by atoms with Crippen LogP contribution in [0.5, 0.6) is 11.5 Å². The summed E-state index contributed by atoms with van der Waals surface area (Å²) in [6.45, 7) is 3.92. The second-order valence-corrected chi connectivity index (χ2v) is 8.42. The third-order valence-corrected chi connectivity index (χ3v) is 5.61. The number of benzene rings is 2.